The summed E-state index contributed by atoms with van der Waals surface area (Å²) in [4.78, 5) is 46.2. The molecular formula is C23H17Cl2F2N9O3S. The van der Waals surface area contributed by atoms with E-state index >= 15 is 0 Å². The molecular weight excluding hydrogens is 591 g/mol. The lowest BCUT2D eigenvalue weighted by atomic mass is 10.2. The molecule has 3 aromatic heterocycles. The maximum Gasteiger partial charge on any atom is 0.355 e. The van der Waals surface area contributed by atoms with E-state index in [0.29, 0.717) is 22.0 Å². The highest BCUT2D eigenvalue weighted by molar-refractivity contribution is 7.12. The van der Waals surface area contributed by atoms with Crippen molar-refractivity contribution in [3.05, 3.63) is 84.6 Å². The van der Waals surface area contributed by atoms with Crippen LogP contribution in [0.15, 0.2) is 40.2 Å². The number of aromatic nitrogens is 7. The van der Waals surface area contributed by atoms with E-state index in [1.807, 2.05) is 0 Å². The molecule has 206 valence electrons. The van der Waals surface area contributed by atoms with Crippen LogP contribution in [0.4, 0.5) is 25.4 Å². The van der Waals surface area contributed by atoms with Crippen molar-refractivity contribution >= 4 is 68.2 Å². The first-order chi connectivity index (χ1) is 19.0. The fourth-order valence-electron chi connectivity index (χ4n) is 3.79. The smallest absolute Gasteiger partial charge is 0.324 e. The van der Waals surface area contributed by atoms with Crippen LogP contribution in [-0.4, -0.2) is 39.2 Å². The Bertz CT molecular complexity index is 1920. The van der Waals surface area contributed by atoms with Crippen LogP contribution in [0.3, 0.4) is 0 Å². The Morgan fingerprint density at radius 3 is 2.52 bits per heavy atom. The Kier molecular flexibility index (Phi) is 7.35. The van der Waals surface area contributed by atoms with Gasteiger partial charge in [-0.1, -0.05) is 23.2 Å². The standard InChI is InChI=1S/C23H17Cl2F2N9O3S/c1-10(37)29-20-12-4-18(14(25)5-17(12)33-40-20)30-21-31-22(38)36(8-19-28-9-34(2)32-19)23(39)35(21)7-11-3-13(24)16(27)6-15(11)26/h3-6,9H,7-8H2,1-2H3,(H,29,37)(H,30,31,38). The van der Waals surface area contributed by atoms with Crippen LogP contribution in [0.2, 0.25) is 10.0 Å². The minimum atomic E-state index is -0.975. The van der Waals surface area contributed by atoms with Gasteiger partial charge in [0.25, 0.3) is 0 Å². The number of nitrogens with zero attached hydrogens (tertiary/aromatic N) is 7. The van der Waals surface area contributed by atoms with Gasteiger partial charge in [-0.3, -0.25) is 14.0 Å². The molecule has 12 nitrogen and oxygen atoms in total. The highest BCUT2D eigenvalue weighted by Gasteiger charge is 2.20. The van der Waals surface area contributed by atoms with Crippen LogP contribution in [0, 0.1) is 11.6 Å². The third-order valence-electron chi connectivity index (χ3n) is 5.62. The van der Waals surface area contributed by atoms with Gasteiger partial charge in [0.1, 0.15) is 23.0 Å². The van der Waals surface area contributed by atoms with Crippen molar-refractivity contribution in [2.75, 3.05) is 10.6 Å². The van der Waals surface area contributed by atoms with Gasteiger partial charge in [-0.25, -0.2) is 27.9 Å². The van der Waals surface area contributed by atoms with Gasteiger partial charge in [-0.2, -0.15) is 14.5 Å². The SMILES string of the molecule is CC(=O)Nc1snc2cc(Cl)c(Nc3nc(=O)n(Cc4ncn(C)n4)c(=O)n3Cc3cc(Cl)c(F)cc3F)cc12. The van der Waals surface area contributed by atoms with E-state index in [2.05, 4.69) is 30.1 Å². The average molecular weight is 608 g/mol. The Morgan fingerprint density at radius 1 is 1.05 bits per heavy atom. The number of hydrogen-bond donors (Lipinski definition) is 2. The number of benzene rings is 2. The summed E-state index contributed by atoms with van der Waals surface area (Å²) in [6.07, 6.45) is 1.39. The molecule has 0 aliphatic rings. The number of fused-ring (bicyclic) bond motifs is 1. The minimum Gasteiger partial charge on any atom is -0.324 e. The van der Waals surface area contributed by atoms with Crippen LogP contribution < -0.4 is 22.0 Å². The molecule has 0 radical (unpaired) electrons. The van der Waals surface area contributed by atoms with E-state index in [1.54, 1.807) is 13.1 Å². The molecule has 0 saturated heterocycles. The zero-order valence-electron chi connectivity index (χ0n) is 20.6. The Morgan fingerprint density at radius 2 is 1.82 bits per heavy atom. The maximum absolute atomic E-state index is 14.7. The second-order valence-corrected chi connectivity index (χ2v) is 10.1. The number of nitrogens with one attached hydrogen (secondary N) is 2. The van der Waals surface area contributed by atoms with Crippen molar-refractivity contribution in [1.29, 1.82) is 0 Å². The summed E-state index contributed by atoms with van der Waals surface area (Å²) < 4.78 is 35.9. The summed E-state index contributed by atoms with van der Waals surface area (Å²) in [5, 5.41) is 10.4. The molecule has 5 rings (SSSR count). The minimum absolute atomic E-state index is 0.143. The zero-order valence-corrected chi connectivity index (χ0v) is 22.9. The van der Waals surface area contributed by atoms with E-state index in [9.17, 15) is 23.2 Å². The second-order valence-electron chi connectivity index (χ2n) is 8.53. The second kappa shape index (κ2) is 10.7. The molecule has 0 atom stereocenters. The predicted octanol–water partition coefficient (Wildman–Crippen LogP) is 3.53. The molecule has 40 heavy (non-hydrogen) atoms. The summed E-state index contributed by atoms with van der Waals surface area (Å²) in [6.45, 7) is 0.554. The summed E-state index contributed by atoms with van der Waals surface area (Å²) in [6, 6.07) is 4.71. The number of amides is 1. The fraction of sp³-hybridized carbons (Fsp3) is 0.174. The lowest BCUT2D eigenvalue weighted by Gasteiger charge is -2.16. The van der Waals surface area contributed by atoms with E-state index < -0.39 is 29.6 Å². The van der Waals surface area contributed by atoms with Crippen molar-refractivity contribution in [2.45, 2.75) is 20.0 Å². The molecule has 3 heterocycles. The first kappa shape index (κ1) is 27.4. The molecule has 0 unspecified atom stereocenters. The maximum atomic E-state index is 14.7. The van der Waals surface area contributed by atoms with Crippen molar-refractivity contribution in [1.82, 2.24) is 33.3 Å². The van der Waals surface area contributed by atoms with Crippen LogP contribution in [0.1, 0.15) is 18.3 Å². The third-order valence-corrected chi connectivity index (χ3v) is 7.01. The molecule has 2 N–H and O–H groups in total. The number of rotatable bonds is 7. The quantitative estimate of drug-likeness (QED) is 0.268. The number of carbonyl (C=O) groups is 1. The van der Waals surface area contributed by atoms with Crippen molar-refractivity contribution in [3.8, 4) is 0 Å². The van der Waals surface area contributed by atoms with Crippen molar-refractivity contribution < 1.29 is 13.6 Å². The topological polar surface area (TPSA) is 142 Å². The average Bonchev–Trinajstić information content (AvgIpc) is 3.47. The van der Waals surface area contributed by atoms with E-state index in [1.165, 1.54) is 24.0 Å². The summed E-state index contributed by atoms with van der Waals surface area (Å²) >= 11 is 13.3. The molecule has 0 aliphatic heterocycles. The van der Waals surface area contributed by atoms with Gasteiger partial charge in [0, 0.05) is 31.0 Å². The Hall–Kier alpha value is -4.21. The number of hydrogen-bond acceptors (Lipinski definition) is 9. The highest BCUT2D eigenvalue weighted by atomic mass is 35.5. The Balaban J connectivity index is 1.64. The first-order valence-corrected chi connectivity index (χ1v) is 12.9. The summed E-state index contributed by atoms with van der Waals surface area (Å²) in [7, 11) is 1.62. The lowest BCUT2D eigenvalue weighted by molar-refractivity contribution is -0.114. The van der Waals surface area contributed by atoms with E-state index in [4.69, 9.17) is 23.2 Å². The molecule has 0 spiro atoms. The lowest BCUT2D eigenvalue weighted by Crippen LogP contribution is -2.43. The third kappa shape index (κ3) is 5.43. The highest BCUT2D eigenvalue weighted by Crippen LogP contribution is 2.35. The molecule has 5 aromatic rings. The van der Waals surface area contributed by atoms with Crippen LogP contribution in [0.5, 0.6) is 0 Å². The van der Waals surface area contributed by atoms with Gasteiger partial charge in [-0.05, 0) is 29.7 Å². The molecule has 0 fully saturated rings. The van der Waals surface area contributed by atoms with Crippen LogP contribution >= 0.6 is 34.7 Å². The van der Waals surface area contributed by atoms with Gasteiger partial charge >= 0.3 is 11.4 Å². The normalized spacial score (nSPS) is 11.2. The molecule has 0 bridgehead atoms. The molecule has 2 aromatic carbocycles. The monoisotopic (exact) mass is 607 g/mol. The van der Waals surface area contributed by atoms with Gasteiger partial charge in [0.05, 0.1) is 34.3 Å². The number of halogens is 4. The van der Waals surface area contributed by atoms with Crippen LogP contribution in [-0.2, 0) is 24.9 Å². The number of aryl methyl sites for hydroxylation is 1. The number of carbonyl (C=O) groups excluding carboxylic acids is 1. The Labute approximate surface area is 237 Å². The molecule has 0 saturated carbocycles. The van der Waals surface area contributed by atoms with Gasteiger partial charge in [-0.15, -0.1) is 0 Å². The largest absolute Gasteiger partial charge is 0.355 e. The van der Waals surface area contributed by atoms with Gasteiger partial charge in [0.15, 0.2) is 5.82 Å². The fourth-order valence-corrected chi connectivity index (χ4v) is 4.97. The van der Waals surface area contributed by atoms with Crippen molar-refractivity contribution in [2.24, 2.45) is 7.05 Å². The van der Waals surface area contributed by atoms with Gasteiger partial charge < -0.3 is 10.6 Å². The molecule has 17 heteroatoms. The first-order valence-electron chi connectivity index (χ1n) is 11.3. The summed E-state index contributed by atoms with van der Waals surface area (Å²) in [5.41, 5.74) is -1.26. The molecule has 1 amide bonds. The predicted molar refractivity (Wildman–Crippen MR) is 146 cm³/mol. The van der Waals surface area contributed by atoms with Crippen LogP contribution in [0.25, 0.3) is 10.9 Å². The zero-order chi connectivity index (χ0) is 28.7. The number of anilines is 3. The van der Waals surface area contributed by atoms with E-state index in [0.717, 1.165) is 26.7 Å². The van der Waals surface area contributed by atoms with Crippen molar-refractivity contribution in [3.63, 3.8) is 0 Å². The van der Waals surface area contributed by atoms with Gasteiger partial charge in [0.2, 0.25) is 11.9 Å². The molecule has 0 aliphatic carbocycles. The van der Waals surface area contributed by atoms with E-state index in [-0.39, 0.29) is 45.5 Å². The summed E-state index contributed by atoms with van der Waals surface area (Å²) in [5.74, 6) is -2.37.